The summed E-state index contributed by atoms with van der Waals surface area (Å²) < 4.78 is 0. The number of carboxylic acids is 1. The van der Waals surface area contributed by atoms with Crippen molar-refractivity contribution < 1.29 is 24.6 Å². The van der Waals surface area contributed by atoms with Gasteiger partial charge in [0.25, 0.3) is 5.91 Å². The highest BCUT2D eigenvalue weighted by Gasteiger charge is 2.09. The number of benzene rings is 1. The molecule has 0 aliphatic rings. The van der Waals surface area contributed by atoms with Crippen LogP contribution >= 0.6 is 0 Å². The number of carbonyl (C=O) groups excluding carboxylic acids is 2. The first-order valence-corrected chi connectivity index (χ1v) is 8.04. The first-order chi connectivity index (χ1) is 11.4. The summed E-state index contributed by atoms with van der Waals surface area (Å²) >= 11 is 0. The lowest BCUT2D eigenvalue weighted by Crippen LogP contribution is -2.13. The molecule has 0 heterocycles. The minimum Gasteiger partial charge on any atom is -0.507 e. The quantitative estimate of drug-likeness (QED) is 0.462. The van der Waals surface area contributed by atoms with Gasteiger partial charge in [-0.1, -0.05) is 25.7 Å². The number of nitrogens with two attached hydrogens (primary N) is 1. The zero-order valence-corrected chi connectivity index (χ0v) is 13.6. The number of aliphatic carboxylic acids is 1. The molecule has 1 rings (SSSR count). The van der Waals surface area contributed by atoms with Crippen molar-refractivity contribution in [2.75, 3.05) is 5.32 Å². The van der Waals surface area contributed by atoms with E-state index in [1.165, 1.54) is 18.2 Å². The predicted octanol–water partition coefficient (Wildman–Crippen LogP) is 2.64. The normalized spacial score (nSPS) is 10.3. The predicted molar refractivity (Wildman–Crippen MR) is 89.8 cm³/mol. The van der Waals surface area contributed by atoms with Crippen LogP contribution in [-0.4, -0.2) is 28.0 Å². The monoisotopic (exact) mass is 336 g/mol. The Hall–Kier alpha value is -2.57. The van der Waals surface area contributed by atoms with E-state index in [1.54, 1.807) is 0 Å². The zero-order chi connectivity index (χ0) is 17.9. The van der Waals surface area contributed by atoms with Crippen LogP contribution < -0.4 is 11.1 Å². The molecule has 0 spiro atoms. The molecular formula is C17H24N2O5. The molecule has 5 N–H and O–H groups in total. The largest absolute Gasteiger partial charge is 0.507 e. The number of unbranched alkanes of at least 4 members (excludes halogenated alkanes) is 5. The van der Waals surface area contributed by atoms with Crippen LogP contribution in [0, 0.1) is 0 Å². The summed E-state index contributed by atoms with van der Waals surface area (Å²) in [5.41, 5.74) is 5.51. The molecule has 24 heavy (non-hydrogen) atoms. The molecule has 2 amide bonds. The fourth-order valence-corrected chi connectivity index (χ4v) is 2.31. The summed E-state index contributed by atoms with van der Waals surface area (Å²) in [7, 11) is 0. The lowest BCUT2D eigenvalue weighted by Gasteiger charge is -2.07. The molecule has 0 fully saturated rings. The SMILES string of the molecule is NC(=O)c1ccc(NC(=O)CCCCCCCCC(=O)O)cc1O. The Morgan fingerprint density at radius 3 is 2.08 bits per heavy atom. The average molecular weight is 336 g/mol. The number of carbonyl (C=O) groups is 3. The topological polar surface area (TPSA) is 130 Å². The maximum atomic E-state index is 11.8. The first kappa shape index (κ1) is 19.5. The Bertz CT molecular complexity index is 586. The smallest absolute Gasteiger partial charge is 0.303 e. The maximum absolute atomic E-state index is 11.8. The van der Waals surface area contributed by atoms with Crippen LogP contribution in [0.3, 0.4) is 0 Å². The van der Waals surface area contributed by atoms with E-state index in [4.69, 9.17) is 10.8 Å². The van der Waals surface area contributed by atoms with Crippen LogP contribution in [0.4, 0.5) is 5.69 Å². The lowest BCUT2D eigenvalue weighted by molar-refractivity contribution is -0.137. The molecule has 0 aliphatic heterocycles. The van der Waals surface area contributed by atoms with Gasteiger partial charge in [-0.05, 0) is 25.0 Å². The highest BCUT2D eigenvalue weighted by Crippen LogP contribution is 2.21. The summed E-state index contributed by atoms with van der Waals surface area (Å²) in [6.45, 7) is 0. The van der Waals surface area contributed by atoms with Crippen molar-refractivity contribution in [3.05, 3.63) is 23.8 Å². The lowest BCUT2D eigenvalue weighted by atomic mass is 10.1. The second-order valence-electron chi connectivity index (χ2n) is 5.66. The van der Waals surface area contributed by atoms with Crippen molar-refractivity contribution in [2.24, 2.45) is 5.73 Å². The van der Waals surface area contributed by atoms with E-state index in [-0.39, 0.29) is 23.6 Å². The van der Waals surface area contributed by atoms with Gasteiger partial charge in [0.05, 0.1) is 5.56 Å². The molecule has 7 nitrogen and oxygen atoms in total. The van der Waals surface area contributed by atoms with Crippen LogP contribution in [0.2, 0.25) is 0 Å². The van der Waals surface area contributed by atoms with E-state index in [0.29, 0.717) is 18.5 Å². The van der Waals surface area contributed by atoms with Gasteiger partial charge >= 0.3 is 5.97 Å². The summed E-state index contributed by atoms with van der Waals surface area (Å²) in [6, 6.07) is 4.17. The zero-order valence-electron chi connectivity index (χ0n) is 13.6. The second-order valence-corrected chi connectivity index (χ2v) is 5.66. The van der Waals surface area contributed by atoms with Crippen molar-refractivity contribution in [1.29, 1.82) is 0 Å². The van der Waals surface area contributed by atoms with Crippen molar-refractivity contribution in [1.82, 2.24) is 0 Å². The van der Waals surface area contributed by atoms with Crippen molar-refractivity contribution >= 4 is 23.5 Å². The van der Waals surface area contributed by atoms with Gasteiger partial charge in [0.2, 0.25) is 5.91 Å². The number of rotatable bonds is 11. The van der Waals surface area contributed by atoms with E-state index in [2.05, 4.69) is 5.32 Å². The number of phenols is 1. The van der Waals surface area contributed by atoms with Crippen LogP contribution in [0.15, 0.2) is 18.2 Å². The molecule has 0 aliphatic carbocycles. The molecule has 1 aromatic rings. The number of primary amides is 1. The number of carboxylic acid groups (broad SMARTS) is 1. The van der Waals surface area contributed by atoms with E-state index in [0.717, 1.165) is 32.1 Å². The van der Waals surface area contributed by atoms with Gasteiger partial charge in [0, 0.05) is 24.6 Å². The number of amides is 2. The standard InChI is InChI=1S/C17H24N2O5/c18-17(24)13-10-9-12(11-14(13)20)19-15(21)7-5-3-1-2-4-6-8-16(22)23/h9-11,20H,1-8H2,(H2,18,24)(H,19,21)(H,22,23). The van der Waals surface area contributed by atoms with Crippen LogP contribution in [0.25, 0.3) is 0 Å². The number of aromatic hydroxyl groups is 1. The second kappa shape index (κ2) is 10.3. The molecule has 0 saturated carbocycles. The van der Waals surface area contributed by atoms with Gasteiger partial charge in [-0.15, -0.1) is 0 Å². The van der Waals surface area contributed by atoms with E-state index < -0.39 is 11.9 Å². The van der Waals surface area contributed by atoms with Gasteiger partial charge in [0.15, 0.2) is 0 Å². The minimum absolute atomic E-state index is 0.0101. The Labute approximate surface area is 140 Å². The number of hydrogen-bond donors (Lipinski definition) is 4. The highest BCUT2D eigenvalue weighted by molar-refractivity contribution is 5.97. The Kier molecular flexibility index (Phi) is 8.32. The molecule has 0 saturated heterocycles. The first-order valence-electron chi connectivity index (χ1n) is 8.04. The summed E-state index contributed by atoms with van der Waals surface area (Å²) in [4.78, 5) is 33.2. The van der Waals surface area contributed by atoms with E-state index in [1.807, 2.05) is 0 Å². The summed E-state index contributed by atoms with van der Waals surface area (Å²) in [6.07, 6.45) is 5.77. The maximum Gasteiger partial charge on any atom is 0.303 e. The number of nitrogens with one attached hydrogen (secondary N) is 1. The minimum atomic E-state index is -0.762. The number of anilines is 1. The average Bonchev–Trinajstić information content (AvgIpc) is 2.49. The third-order valence-corrected chi connectivity index (χ3v) is 3.59. The van der Waals surface area contributed by atoms with Crippen molar-refractivity contribution in [3.8, 4) is 5.75 Å². The Morgan fingerprint density at radius 1 is 0.958 bits per heavy atom. The molecule has 132 valence electrons. The fraction of sp³-hybridized carbons (Fsp3) is 0.471. The Morgan fingerprint density at radius 2 is 1.54 bits per heavy atom. The summed E-state index contributed by atoms with van der Waals surface area (Å²) in [5.74, 6) is -1.91. The van der Waals surface area contributed by atoms with Gasteiger partial charge in [-0.25, -0.2) is 0 Å². The fourth-order valence-electron chi connectivity index (χ4n) is 2.31. The molecule has 7 heteroatoms. The van der Waals surface area contributed by atoms with Crippen LogP contribution in [-0.2, 0) is 9.59 Å². The molecule has 0 atom stereocenters. The number of hydrogen-bond acceptors (Lipinski definition) is 4. The Balaban J connectivity index is 2.19. The molecule has 1 aromatic carbocycles. The molecule has 0 aromatic heterocycles. The van der Waals surface area contributed by atoms with Gasteiger partial charge in [-0.3, -0.25) is 14.4 Å². The molecule has 0 radical (unpaired) electrons. The highest BCUT2D eigenvalue weighted by atomic mass is 16.4. The van der Waals surface area contributed by atoms with Gasteiger partial charge in [-0.2, -0.15) is 0 Å². The van der Waals surface area contributed by atoms with E-state index >= 15 is 0 Å². The molecule has 0 unspecified atom stereocenters. The molecule has 0 bridgehead atoms. The van der Waals surface area contributed by atoms with Crippen LogP contribution in [0.1, 0.15) is 61.7 Å². The van der Waals surface area contributed by atoms with Gasteiger partial charge < -0.3 is 21.3 Å². The third kappa shape index (κ3) is 7.62. The summed E-state index contributed by atoms with van der Waals surface area (Å²) in [5, 5.41) is 20.8. The van der Waals surface area contributed by atoms with E-state index in [9.17, 15) is 19.5 Å². The van der Waals surface area contributed by atoms with Gasteiger partial charge in [0.1, 0.15) is 5.75 Å². The van der Waals surface area contributed by atoms with Crippen molar-refractivity contribution in [3.63, 3.8) is 0 Å². The van der Waals surface area contributed by atoms with Crippen molar-refractivity contribution in [2.45, 2.75) is 51.4 Å². The molecular weight excluding hydrogens is 312 g/mol. The third-order valence-electron chi connectivity index (χ3n) is 3.59. The van der Waals surface area contributed by atoms with Crippen LogP contribution in [0.5, 0.6) is 5.75 Å².